The summed E-state index contributed by atoms with van der Waals surface area (Å²) in [7, 11) is -2.69. The molecule has 2 aromatic carbocycles. The van der Waals surface area contributed by atoms with Crippen molar-refractivity contribution in [3.63, 3.8) is 0 Å². The molecule has 1 aliphatic heterocycles. The molecular weight excluding hydrogens is 863 g/mol. The van der Waals surface area contributed by atoms with Crippen LogP contribution in [0.4, 0.5) is 4.79 Å². The highest BCUT2D eigenvalue weighted by Crippen LogP contribution is 2.66. The number of Topliss-reactive ketones (excluding diaryl/α,β-unsaturated/α-hetero) is 1. The number of ether oxygens (including phenoxy) is 5. The molecule has 3 aliphatic carbocycles. The van der Waals surface area contributed by atoms with Gasteiger partial charge in [-0.15, -0.1) is 0 Å². The molecule has 0 radical (unpaired) electrons. The zero-order valence-electron chi connectivity index (χ0n) is 40.7. The summed E-state index contributed by atoms with van der Waals surface area (Å²) in [6, 6.07) is 18.1. The number of hydrogen-bond acceptors (Lipinski definition) is 13. The molecule has 14 nitrogen and oxygen atoms in total. The Hall–Kier alpha value is -4.41. The second-order valence-electron chi connectivity index (χ2n) is 20.6. The van der Waals surface area contributed by atoms with Crippen LogP contribution in [0.15, 0.2) is 71.8 Å². The molecule has 1 amide bonds. The molecule has 66 heavy (non-hydrogen) atoms. The fourth-order valence-corrected chi connectivity index (χ4v) is 14.4. The Kier molecular flexibility index (Phi) is 14.6. The molecule has 1 saturated heterocycles. The third kappa shape index (κ3) is 8.90. The topological polar surface area (TPSA) is 193 Å². The van der Waals surface area contributed by atoms with E-state index in [-0.39, 0.29) is 18.6 Å². The first-order chi connectivity index (χ1) is 30.9. The van der Waals surface area contributed by atoms with Crippen LogP contribution in [0.2, 0.25) is 18.1 Å². The van der Waals surface area contributed by atoms with Gasteiger partial charge in [-0.05, 0) is 87.0 Å². The molecule has 1 unspecified atom stereocenters. The van der Waals surface area contributed by atoms with Gasteiger partial charge in [0.1, 0.15) is 35.3 Å². The molecule has 362 valence electrons. The van der Waals surface area contributed by atoms with Crippen LogP contribution >= 0.6 is 0 Å². The lowest BCUT2D eigenvalue weighted by Crippen LogP contribution is -2.80. The van der Waals surface area contributed by atoms with Crippen molar-refractivity contribution in [3.8, 4) is 0 Å². The molecule has 6 rings (SSSR count). The minimum atomic E-state index is -2.69. The van der Waals surface area contributed by atoms with Crippen molar-refractivity contribution in [1.82, 2.24) is 5.32 Å². The molecule has 15 heteroatoms. The van der Waals surface area contributed by atoms with Gasteiger partial charge in [0.2, 0.25) is 0 Å². The number of carbonyl (C=O) groups is 5. The highest BCUT2D eigenvalue weighted by Gasteiger charge is 2.77. The van der Waals surface area contributed by atoms with Gasteiger partial charge >= 0.3 is 24.0 Å². The summed E-state index contributed by atoms with van der Waals surface area (Å²) in [5.41, 5.74) is -5.97. The van der Waals surface area contributed by atoms with Gasteiger partial charge < -0.3 is 43.6 Å². The summed E-state index contributed by atoms with van der Waals surface area (Å²) < 4.78 is 38.3. The number of aliphatic hydroxyl groups excluding tert-OH is 1. The summed E-state index contributed by atoms with van der Waals surface area (Å²) in [6.45, 7) is 20.5. The number of ketones is 1. The molecule has 3 N–H and O–H groups in total. The molecule has 0 spiro atoms. The van der Waals surface area contributed by atoms with E-state index in [1.807, 2.05) is 33.8 Å². The molecule has 3 fully saturated rings. The monoisotopic (exact) mass is 933 g/mol. The SMILES string of the molecule is CC[Si](CC)(CC)O[C@@H](C(=O)O[C@H]1C[C@@]2(O)[C@@H](OC(=O)c3ccccc3)C3[C@](C)(C(=O)[C@H](CO)C(=C1C)C2(C)C)[C@@H](C)C[C@H]1OC[C@@]31OC(C)=O)[C@@H](NC(=O)OC(C)(C)C)c1ccccc1. The van der Waals surface area contributed by atoms with Crippen LogP contribution in [0.1, 0.15) is 118 Å². The van der Waals surface area contributed by atoms with Crippen LogP contribution in [-0.4, -0.2) is 103 Å². The van der Waals surface area contributed by atoms with E-state index in [0.717, 1.165) is 0 Å². The van der Waals surface area contributed by atoms with E-state index in [9.17, 15) is 24.6 Å². The Labute approximate surface area is 390 Å². The lowest BCUT2D eigenvalue weighted by atomic mass is 9.42. The van der Waals surface area contributed by atoms with Crippen LogP contribution in [-0.2, 0) is 42.5 Å². The summed E-state index contributed by atoms with van der Waals surface area (Å²) in [5, 5.41) is 28.3. The predicted octanol–water partition coefficient (Wildman–Crippen LogP) is 7.81. The maximum Gasteiger partial charge on any atom is 0.408 e. The fourth-order valence-electron chi connectivity index (χ4n) is 11.6. The number of rotatable bonds is 14. The number of fused-ring (bicyclic) bond motifs is 5. The second-order valence-corrected chi connectivity index (χ2v) is 25.4. The Morgan fingerprint density at radius 1 is 0.939 bits per heavy atom. The van der Waals surface area contributed by atoms with Crippen LogP contribution in [0.3, 0.4) is 0 Å². The maximum absolute atomic E-state index is 15.7. The largest absolute Gasteiger partial charge is 0.456 e. The standard InChI is InChI=1S/C51H71NO13Si/c1-13-66(14-2,15-3)65-40(39(33-22-18-16-19-23-33)52-46(58)64-47(7,8)9)45(57)61-36-27-51(59)43(62-44(56)34-24-20-17-21-25-34)41-49(12,30(4)26-37-50(41,29-60-37)63-32(6)54)42(55)35(28-53)38(31(36)5)48(51,10)11/h16-25,30,35-37,39-41,43,53,59H,13-15,26-29H2,1-12H3,(H,52,58)/t30-,35+,36-,37+,39-,40+,41?,43-,49+,50-,51+/m0/s1. The summed E-state index contributed by atoms with van der Waals surface area (Å²) in [6.07, 6.45) is -5.79. The van der Waals surface area contributed by atoms with Gasteiger partial charge in [0.05, 0.1) is 36.7 Å². The van der Waals surface area contributed by atoms with Crippen molar-refractivity contribution >= 4 is 38.1 Å². The molecule has 11 atom stereocenters. The Balaban J connectivity index is 1.57. The molecular formula is C51H71NO13Si. The molecule has 2 bridgehead atoms. The maximum atomic E-state index is 15.7. The lowest BCUT2D eigenvalue weighted by Gasteiger charge is -2.68. The molecule has 2 saturated carbocycles. The highest BCUT2D eigenvalue weighted by molar-refractivity contribution is 6.73. The highest BCUT2D eigenvalue weighted by atomic mass is 28.4. The second kappa shape index (κ2) is 18.9. The zero-order chi connectivity index (χ0) is 48.8. The average Bonchev–Trinajstić information content (AvgIpc) is 3.26. The summed E-state index contributed by atoms with van der Waals surface area (Å²) in [5.74, 6) is -5.58. The summed E-state index contributed by atoms with van der Waals surface area (Å²) >= 11 is 0. The van der Waals surface area contributed by atoms with E-state index in [4.69, 9.17) is 28.1 Å². The first kappa shape index (κ1) is 51.0. The summed E-state index contributed by atoms with van der Waals surface area (Å²) in [4.78, 5) is 72.3. The molecule has 4 aliphatic rings. The van der Waals surface area contributed by atoms with Gasteiger partial charge in [0.25, 0.3) is 0 Å². The van der Waals surface area contributed by atoms with Crippen LogP contribution in [0, 0.1) is 28.6 Å². The number of amides is 1. The van der Waals surface area contributed by atoms with Crippen molar-refractivity contribution in [2.75, 3.05) is 13.2 Å². The predicted molar refractivity (Wildman–Crippen MR) is 247 cm³/mol. The van der Waals surface area contributed by atoms with E-state index in [1.54, 1.807) is 103 Å². The van der Waals surface area contributed by atoms with E-state index >= 15 is 9.59 Å². The van der Waals surface area contributed by atoms with Crippen molar-refractivity contribution in [2.24, 2.45) is 28.6 Å². The van der Waals surface area contributed by atoms with Crippen LogP contribution in [0.25, 0.3) is 0 Å². The van der Waals surface area contributed by atoms with Crippen molar-refractivity contribution < 1.29 is 62.3 Å². The van der Waals surface area contributed by atoms with Crippen molar-refractivity contribution in [3.05, 3.63) is 82.9 Å². The number of aliphatic hydroxyl groups is 2. The van der Waals surface area contributed by atoms with Gasteiger partial charge in [-0.2, -0.15) is 0 Å². The Morgan fingerprint density at radius 2 is 1.53 bits per heavy atom. The number of alkyl carbamates (subject to hydrolysis) is 1. The van der Waals surface area contributed by atoms with Gasteiger partial charge in [0.15, 0.2) is 20.0 Å². The molecule has 1 heterocycles. The smallest absolute Gasteiger partial charge is 0.408 e. The van der Waals surface area contributed by atoms with Gasteiger partial charge in [-0.25, -0.2) is 14.4 Å². The number of esters is 3. The lowest BCUT2D eigenvalue weighted by molar-refractivity contribution is -0.340. The van der Waals surface area contributed by atoms with E-state index in [0.29, 0.717) is 41.3 Å². The Morgan fingerprint density at radius 3 is 2.05 bits per heavy atom. The quantitative estimate of drug-likeness (QED) is 0.0720. The first-order valence-corrected chi connectivity index (χ1v) is 26.0. The minimum absolute atomic E-state index is 0.139. The number of carbonyl (C=O) groups excluding carboxylic acids is 5. The van der Waals surface area contributed by atoms with Crippen LogP contribution < -0.4 is 5.32 Å². The van der Waals surface area contributed by atoms with E-state index < -0.39 is 121 Å². The molecule has 2 aromatic rings. The average molecular weight is 934 g/mol. The van der Waals surface area contributed by atoms with Gasteiger partial charge in [-0.1, -0.05) is 97.0 Å². The normalized spacial score (nSPS) is 31.3. The zero-order valence-corrected chi connectivity index (χ0v) is 41.7. The van der Waals surface area contributed by atoms with Crippen molar-refractivity contribution in [2.45, 2.75) is 161 Å². The van der Waals surface area contributed by atoms with Crippen molar-refractivity contribution in [1.29, 1.82) is 0 Å². The Bertz CT molecular complexity index is 2160. The third-order valence-corrected chi connectivity index (χ3v) is 20.3. The van der Waals surface area contributed by atoms with E-state index in [2.05, 4.69) is 5.32 Å². The van der Waals surface area contributed by atoms with E-state index in [1.165, 1.54) is 6.92 Å². The fraction of sp³-hybridized carbons (Fsp3) is 0.627. The third-order valence-electron chi connectivity index (χ3n) is 15.6. The number of nitrogens with one attached hydrogen (secondary N) is 1. The van der Waals surface area contributed by atoms with Crippen LogP contribution in [0.5, 0.6) is 0 Å². The number of benzene rings is 2. The van der Waals surface area contributed by atoms with Gasteiger partial charge in [0, 0.05) is 24.2 Å². The van der Waals surface area contributed by atoms with Gasteiger partial charge in [-0.3, -0.25) is 9.59 Å². The molecule has 0 aromatic heterocycles. The minimum Gasteiger partial charge on any atom is -0.456 e. The number of hydrogen-bond donors (Lipinski definition) is 3. The first-order valence-electron chi connectivity index (χ1n) is 23.5.